The van der Waals surface area contributed by atoms with E-state index in [1.807, 2.05) is 6.08 Å². The van der Waals surface area contributed by atoms with E-state index in [-0.39, 0.29) is 12.5 Å². The Morgan fingerprint density at radius 2 is 0.574 bits per heavy atom. The fourth-order valence-electron chi connectivity index (χ4n) is 9.84. The normalized spacial score (nSPS) is 12.9. The average molecular weight is 955 g/mol. The quantitative estimate of drug-likeness (QED) is 0.0420. The number of aliphatic hydroxyl groups excluding tert-OH is 2. The first-order chi connectivity index (χ1) is 33.7. The number of carbonyl (C=O) groups excluding carboxylic acids is 1. The minimum absolute atomic E-state index is 0.0670. The van der Waals surface area contributed by atoms with E-state index in [4.69, 9.17) is 0 Å². The summed E-state index contributed by atoms with van der Waals surface area (Å²) in [6, 6.07) is -0.637. The van der Waals surface area contributed by atoms with Crippen molar-refractivity contribution in [2.75, 3.05) is 6.61 Å². The molecule has 0 bridgehead atoms. The van der Waals surface area contributed by atoms with E-state index in [0.29, 0.717) is 6.42 Å². The highest BCUT2D eigenvalue weighted by molar-refractivity contribution is 5.76. The molecule has 402 valence electrons. The predicted molar refractivity (Wildman–Crippen MR) is 304 cm³/mol. The van der Waals surface area contributed by atoms with E-state index in [2.05, 4.69) is 43.5 Å². The lowest BCUT2D eigenvalue weighted by Crippen LogP contribution is -2.45. The van der Waals surface area contributed by atoms with Crippen LogP contribution in [0.1, 0.15) is 348 Å². The van der Waals surface area contributed by atoms with Crippen molar-refractivity contribution in [2.45, 2.75) is 360 Å². The molecule has 0 radical (unpaired) electrons. The molecule has 0 saturated carbocycles. The summed E-state index contributed by atoms with van der Waals surface area (Å²) in [5.74, 6) is -0.0670. The van der Waals surface area contributed by atoms with Crippen LogP contribution in [0.15, 0.2) is 36.5 Å². The molecule has 0 aromatic heterocycles. The van der Waals surface area contributed by atoms with Gasteiger partial charge < -0.3 is 15.5 Å². The molecular formula is C64H123NO3. The molecule has 2 unspecified atom stereocenters. The largest absolute Gasteiger partial charge is 0.394 e. The Balaban J connectivity index is 3.42. The molecule has 0 aliphatic heterocycles. The SMILES string of the molecule is CCCCCCCCCC/C=C\CCCCCCCCCCCCCCCCCCCCCCCCCCCC(=O)NC(CO)C(O)/C=C/CC/C=C/CCCCCCCCCCCCCCC. The highest BCUT2D eigenvalue weighted by atomic mass is 16.3. The molecule has 3 N–H and O–H groups in total. The maximum absolute atomic E-state index is 12.5. The number of nitrogens with one attached hydrogen (secondary N) is 1. The molecule has 0 aliphatic carbocycles. The predicted octanol–water partition coefficient (Wildman–Crippen LogP) is 20.8. The van der Waals surface area contributed by atoms with Gasteiger partial charge in [0.15, 0.2) is 0 Å². The Kier molecular flexibility index (Phi) is 58.7. The van der Waals surface area contributed by atoms with Crippen LogP contribution in [0.25, 0.3) is 0 Å². The lowest BCUT2D eigenvalue weighted by atomic mass is 10.0. The Morgan fingerprint density at radius 3 is 0.853 bits per heavy atom. The van der Waals surface area contributed by atoms with Gasteiger partial charge >= 0.3 is 0 Å². The van der Waals surface area contributed by atoms with Crippen LogP contribution in [0, 0.1) is 0 Å². The van der Waals surface area contributed by atoms with Crippen molar-refractivity contribution in [1.29, 1.82) is 0 Å². The molecule has 0 aromatic carbocycles. The third kappa shape index (κ3) is 55.5. The third-order valence-electron chi connectivity index (χ3n) is 14.6. The number of allylic oxidation sites excluding steroid dienone is 5. The molecular weight excluding hydrogens is 831 g/mol. The van der Waals surface area contributed by atoms with Crippen LogP contribution in [-0.2, 0) is 4.79 Å². The summed E-state index contributed by atoms with van der Waals surface area (Å²) in [7, 11) is 0. The zero-order valence-electron chi connectivity index (χ0n) is 46.4. The molecule has 1 amide bonds. The second-order valence-corrected chi connectivity index (χ2v) is 21.5. The first-order valence-corrected chi connectivity index (χ1v) is 31.2. The van der Waals surface area contributed by atoms with Crippen molar-refractivity contribution in [3.8, 4) is 0 Å². The molecule has 0 heterocycles. The summed E-state index contributed by atoms with van der Waals surface area (Å²) in [4.78, 5) is 12.5. The Morgan fingerprint density at radius 1 is 0.338 bits per heavy atom. The Labute approximate surface area is 427 Å². The monoisotopic (exact) mass is 954 g/mol. The summed E-state index contributed by atoms with van der Waals surface area (Å²) in [6.45, 7) is 4.33. The van der Waals surface area contributed by atoms with Crippen LogP contribution in [0.4, 0.5) is 0 Å². The Bertz CT molecular complexity index is 1040. The van der Waals surface area contributed by atoms with Crippen molar-refractivity contribution in [2.24, 2.45) is 0 Å². The fraction of sp³-hybridized carbons (Fsp3) is 0.891. The van der Waals surface area contributed by atoms with Gasteiger partial charge in [0.2, 0.25) is 5.91 Å². The maximum Gasteiger partial charge on any atom is 0.220 e. The van der Waals surface area contributed by atoms with Crippen LogP contribution in [-0.4, -0.2) is 34.9 Å². The van der Waals surface area contributed by atoms with Gasteiger partial charge in [-0.2, -0.15) is 0 Å². The number of amides is 1. The molecule has 4 nitrogen and oxygen atoms in total. The molecule has 4 heteroatoms. The van der Waals surface area contributed by atoms with Crippen molar-refractivity contribution in [1.82, 2.24) is 5.32 Å². The van der Waals surface area contributed by atoms with Gasteiger partial charge in [-0.05, 0) is 57.8 Å². The molecule has 0 spiro atoms. The van der Waals surface area contributed by atoms with Gasteiger partial charge in [0, 0.05) is 6.42 Å². The van der Waals surface area contributed by atoms with Gasteiger partial charge in [0.05, 0.1) is 18.8 Å². The lowest BCUT2D eigenvalue weighted by Gasteiger charge is -2.19. The molecule has 2 atom stereocenters. The van der Waals surface area contributed by atoms with Gasteiger partial charge in [-0.1, -0.05) is 320 Å². The van der Waals surface area contributed by atoms with Crippen molar-refractivity contribution >= 4 is 5.91 Å². The minimum Gasteiger partial charge on any atom is -0.394 e. The summed E-state index contributed by atoms with van der Waals surface area (Å²) >= 11 is 0. The molecule has 68 heavy (non-hydrogen) atoms. The van der Waals surface area contributed by atoms with Crippen LogP contribution in [0.5, 0.6) is 0 Å². The minimum atomic E-state index is -0.861. The van der Waals surface area contributed by atoms with Gasteiger partial charge in [0.25, 0.3) is 0 Å². The molecule has 0 aromatic rings. The second-order valence-electron chi connectivity index (χ2n) is 21.5. The Hall–Kier alpha value is -1.39. The lowest BCUT2D eigenvalue weighted by molar-refractivity contribution is -0.123. The number of unbranched alkanes of at least 4 members (excludes halogenated alkanes) is 47. The van der Waals surface area contributed by atoms with Crippen LogP contribution < -0.4 is 5.32 Å². The molecule has 0 rings (SSSR count). The number of rotatable bonds is 58. The average Bonchev–Trinajstić information content (AvgIpc) is 3.34. The first kappa shape index (κ1) is 66.6. The summed E-state index contributed by atoms with van der Waals surface area (Å²) in [5.41, 5.74) is 0. The number of carbonyl (C=O) groups is 1. The summed E-state index contributed by atoms with van der Waals surface area (Å²) in [5, 5.41) is 23.2. The van der Waals surface area contributed by atoms with Crippen LogP contribution in [0.2, 0.25) is 0 Å². The van der Waals surface area contributed by atoms with Crippen molar-refractivity contribution in [3.05, 3.63) is 36.5 Å². The van der Waals surface area contributed by atoms with E-state index in [9.17, 15) is 15.0 Å². The summed E-state index contributed by atoms with van der Waals surface area (Å²) in [6.07, 6.45) is 82.1. The van der Waals surface area contributed by atoms with Crippen molar-refractivity contribution < 1.29 is 15.0 Å². The van der Waals surface area contributed by atoms with Crippen LogP contribution in [0.3, 0.4) is 0 Å². The molecule has 0 fully saturated rings. The van der Waals surface area contributed by atoms with Crippen LogP contribution >= 0.6 is 0 Å². The van der Waals surface area contributed by atoms with Gasteiger partial charge in [-0.15, -0.1) is 0 Å². The van der Waals surface area contributed by atoms with Gasteiger partial charge in [0.1, 0.15) is 0 Å². The fourth-order valence-corrected chi connectivity index (χ4v) is 9.84. The number of aliphatic hydroxyl groups is 2. The van der Waals surface area contributed by atoms with E-state index in [0.717, 1.165) is 32.1 Å². The smallest absolute Gasteiger partial charge is 0.220 e. The van der Waals surface area contributed by atoms with Gasteiger partial charge in [-0.25, -0.2) is 0 Å². The van der Waals surface area contributed by atoms with E-state index in [1.165, 1.54) is 295 Å². The highest BCUT2D eigenvalue weighted by Crippen LogP contribution is 2.18. The topological polar surface area (TPSA) is 69.6 Å². The first-order valence-electron chi connectivity index (χ1n) is 31.2. The summed E-state index contributed by atoms with van der Waals surface area (Å²) < 4.78 is 0. The molecule has 0 aliphatic rings. The maximum atomic E-state index is 12.5. The van der Waals surface area contributed by atoms with Crippen molar-refractivity contribution in [3.63, 3.8) is 0 Å². The zero-order valence-corrected chi connectivity index (χ0v) is 46.4. The second kappa shape index (κ2) is 59.9. The standard InChI is InChI=1S/C64H123NO3/c1-3-5-7-9-11-13-15-17-19-21-23-24-25-26-27-28-29-30-31-32-33-34-35-36-37-38-39-40-42-44-46-48-50-52-54-56-58-60-64(68)65-62(61-66)63(67)59-57-55-53-51-49-47-45-43-41-22-20-18-16-14-12-10-8-6-4-2/h21,23,49,51,57,59,62-63,66-67H,3-20,22,24-48,50,52-56,58,60-61H2,1-2H3,(H,65,68)/b23-21-,51-49+,59-57+. The number of hydrogen-bond donors (Lipinski definition) is 3. The third-order valence-corrected chi connectivity index (χ3v) is 14.6. The van der Waals surface area contributed by atoms with E-state index in [1.54, 1.807) is 6.08 Å². The zero-order chi connectivity index (χ0) is 49.2. The van der Waals surface area contributed by atoms with Gasteiger partial charge in [-0.3, -0.25) is 4.79 Å². The highest BCUT2D eigenvalue weighted by Gasteiger charge is 2.18. The molecule has 0 saturated heterocycles. The van der Waals surface area contributed by atoms with E-state index >= 15 is 0 Å². The van der Waals surface area contributed by atoms with E-state index < -0.39 is 12.1 Å². The number of hydrogen-bond acceptors (Lipinski definition) is 3.